The van der Waals surface area contributed by atoms with Crippen LogP contribution < -0.4 is 10.6 Å². The monoisotopic (exact) mass is 316 g/mol. The molecular weight excluding hydrogens is 296 g/mol. The Morgan fingerprint density at radius 1 is 1.22 bits per heavy atom. The van der Waals surface area contributed by atoms with E-state index in [0.717, 1.165) is 10.5 Å². The first-order valence-electron chi connectivity index (χ1n) is 7.15. The Kier molecular flexibility index (Phi) is 6.74. The van der Waals surface area contributed by atoms with E-state index < -0.39 is 11.8 Å². The summed E-state index contributed by atoms with van der Waals surface area (Å²) in [6.45, 7) is 3.43. The molecule has 0 aromatic heterocycles. The average molecular weight is 316 g/mol. The molecule has 0 aliphatic rings. The number of amides is 3. The molecule has 0 saturated carbocycles. The van der Waals surface area contributed by atoms with Crippen LogP contribution in [0, 0.1) is 11.3 Å². The van der Waals surface area contributed by atoms with Gasteiger partial charge in [0.2, 0.25) is 5.91 Å². The lowest BCUT2D eigenvalue weighted by atomic mass is 10.1. The summed E-state index contributed by atoms with van der Waals surface area (Å²) >= 11 is 0. The maximum Gasteiger partial charge on any atom is 0.313 e. The molecule has 3 amide bonds. The van der Waals surface area contributed by atoms with Crippen molar-refractivity contribution < 1.29 is 14.4 Å². The van der Waals surface area contributed by atoms with Crippen molar-refractivity contribution in [3.05, 3.63) is 29.8 Å². The minimum absolute atomic E-state index is 0.0354. The molecule has 7 nitrogen and oxygen atoms in total. The van der Waals surface area contributed by atoms with Crippen molar-refractivity contribution in [2.45, 2.75) is 26.3 Å². The van der Waals surface area contributed by atoms with Crippen LogP contribution in [0.4, 0.5) is 5.69 Å². The molecule has 23 heavy (non-hydrogen) atoms. The van der Waals surface area contributed by atoms with Crippen LogP contribution in [0.15, 0.2) is 24.3 Å². The summed E-state index contributed by atoms with van der Waals surface area (Å²) in [5.41, 5.74) is 1.27. The lowest BCUT2D eigenvalue weighted by Gasteiger charge is -2.17. The fourth-order valence-electron chi connectivity index (χ4n) is 1.81. The smallest absolute Gasteiger partial charge is 0.313 e. The molecule has 0 radical (unpaired) electrons. The largest absolute Gasteiger partial charge is 0.352 e. The van der Waals surface area contributed by atoms with Crippen LogP contribution >= 0.6 is 0 Å². The summed E-state index contributed by atoms with van der Waals surface area (Å²) in [6.07, 6.45) is 0.279. The second-order valence-electron chi connectivity index (χ2n) is 5.37. The van der Waals surface area contributed by atoms with E-state index in [1.54, 1.807) is 24.3 Å². The lowest BCUT2D eigenvalue weighted by molar-refractivity contribution is -0.143. The minimum Gasteiger partial charge on any atom is -0.352 e. The molecule has 0 fully saturated rings. The molecule has 0 atom stereocenters. The van der Waals surface area contributed by atoms with Gasteiger partial charge in [-0.15, -0.1) is 0 Å². The molecule has 0 heterocycles. The van der Waals surface area contributed by atoms with Crippen LogP contribution in [0.3, 0.4) is 0 Å². The Balaban J connectivity index is 2.57. The number of hydrogen-bond acceptors (Lipinski definition) is 4. The number of carbonyl (C=O) groups is 3. The Hall–Kier alpha value is -2.88. The number of rotatable bonds is 5. The first-order valence-corrected chi connectivity index (χ1v) is 7.15. The maximum absolute atomic E-state index is 11.9. The number of hydrogen-bond donors (Lipinski definition) is 2. The zero-order valence-electron chi connectivity index (χ0n) is 13.4. The molecule has 0 aliphatic heterocycles. The number of carbonyl (C=O) groups excluding carboxylic acids is 3. The van der Waals surface area contributed by atoms with Gasteiger partial charge < -0.3 is 15.5 Å². The third kappa shape index (κ3) is 6.18. The van der Waals surface area contributed by atoms with Crippen molar-refractivity contribution in [3.63, 3.8) is 0 Å². The standard InChI is InChI=1S/C16H20N4O3/c1-11(2)18-14(21)10-20(3)16(23)15(22)19-13-6-4-12(5-7-13)8-9-17/h4-7,11H,8,10H2,1-3H3,(H,18,21)(H,19,22). The molecule has 1 aromatic rings. The second-order valence-corrected chi connectivity index (χ2v) is 5.37. The normalized spacial score (nSPS) is 9.87. The molecule has 1 aromatic carbocycles. The van der Waals surface area contributed by atoms with E-state index in [1.165, 1.54) is 7.05 Å². The average Bonchev–Trinajstić information content (AvgIpc) is 2.47. The van der Waals surface area contributed by atoms with Gasteiger partial charge in [-0.1, -0.05) is 12.1 Å². The predicted molar refractivity (Wildman–Crippen MR) is 85.3 cm³/mol. The zero-order chi connectivity index (χ0) is 17.4. The van der Waals surface area contributed by atoms with Crippen LogP contribution in [-0.4, -0.2) is 42.3 Å². The van der Waals surface area contributed by atoms with Crippen molar-refractivity contribution in [2.75, 3.05) is 18.9 Å². The highest BCUT2D eigenvalue weighted by atomic mass is 16.2. The van der Waals surface area contributed by atoms with E-state index in [1.807, 2.05) is 19.9 Å². The minimum atomic E-state index is -0.821. The van der Waals surface area contributed by atoms with Crippen LogP contribution in [0.5, 0.6) is 0 Å². The van der Waals surface area contributed by atoms with Crippen LogP contribution in [0.1, 0.15) is 19.4 Å². The summed E-state index contributed by atoms with van der Waals surface area (Å²) in [5.74, 6) is -1.95. The summed E-state index contributed by atoms with van der Waals surface area (Å²) in [5, 5.41) is 13.7. The number of likely N-dealkylation sites (N-methyl/N-ethyl adjacent to an activating group) is 1. The van der Waals surface area contributed by atoms with Gasteiger partial charge in [-0.2, -0.15) is 5.26 Å². The SMILES string of the molecule is CC(C)NC(=O)CN(C)C(=O)C(=O)Nc1ccc(CC#N)cc1. The highest BCUT2D eigenvalue weighted by molar-refractivity contribution is 6.39. The van der Waals surface area contributed by atoms with E-state index in [2.05, 4.69) is 10.6 Å². The van der Waals surface area contributed by atoms with Gasteiger partial charge in [0.25, 0.3) is 0 Å². The van der Waals surface area contributed by atoms with Crippen LogP contribution in [0.25, 0.3) is 0 Å². The lowest BCUT2D eigenvalue weighted by Crippen LogP contribution is -2.44. The van der Waals surface area contributed by atoms with Gasteiger partial charge >= 0.3 is 11.8 Å². The summed E-state index contributed by atoms with van der Waals surface area (Å²) in [7, 11) is 1.39. The van der Waals surface area contributed by atoms with Gasteiger partial charge in [0.1, 0.15) is 0 Å². The van der Waals surface area contributed by atoms with E-state index in [9.17, 15) is 14.4 Å². The van der Waals surface area contributed by atoms with Crippen molar-refractivity contribution in [1.29, 1.82) is 5.26 Å². The highest BCUT2D eigenvalue weighted by Crippen LogP contribution is 2.10. The van der Waals surface area contributed by atoms with Gasteiger partial charge in [-0.3, -0.25) is 14.4 Å². The van der Waals surface area contributed by atoms with Gasteiger partial charge in [0.05, 0.1) is 19.0 Å². The number of benzene rings is 1. The second kappa shape index (κ2) is 8.54. The fraction of sp³-hybridized carbons (Fsp3) is 0.375. The molecule has 0 unspecified atom stereocenters. The summed E-state index contributed by atoms with van der Waals surface area (Å²) in [6, 6.07) is 8.61. The van der Waals surface area contributed by atoms with Crippen molar-refractivity contribution in [3.8, 4) is 6.07 Å². The van der Waals surface area contributed by atoms with Gasteiger partial charge in [0.15, 0.2) is 0 Å². The third-order valence-electron chi connectivity index (χ3n) is 2.87. The molecule has 0 saturated heterocycles. The van der Waals surface area contributed by atoms with Gasteiger partial charge in [0, 0.05) is 18.8 Å². The summed E-state index contributed by atoms with van der Waals surface area (Å²) in [4.78, 5) is 36.4. The van der Waals surface area contributed by atoms with Crippen molar-refractivity contribution in [2.24, 2.45) is 0 Å². The first-order chi connectivity index (χ1) is 10.8. The molecule has 0 bridgehead atoms. The molecule has 0 aliphatic carbocycles. The number of nitrogens with one attached hydrogen (secondary N) is 2. The molecule has 2 N–H and O–H groups in total. The van der Waals surface area contributed by atoms with Gasteiger partial charge in [-0.05, 0) is 31.5 Å². The molecule has 1 rings (SSSR count). The summed E-state index contributed by atoms with van der Waals surface area (Å²) < 4.78 is 0. The van der Waals surface area contributed by atoms with Crippen LogP contribution in [-0.2, 0) is 20.8 Å². The number of anilines is 1. The maximum atomic E-state index is 11.9. The molecule has 0 spiro atoms. The molecule has 122 valence electrons. The number of nitrogens with zero attached hydrogens (tertiary/aromatic N) is 2. The van der Waals surface area contributed by atoms with Crippen molar-refractivity contribution in [1.82, 2.24) is 10.2 Å². The number of nitriles is 1. The topological polar surface area (TPSA) is 102 Å². The van der Waals surface area contributed by atoms with Crippen LogP contribution in [0.2, 0.25) is 0 Å². The fourth-order valence-corrected chi connectivity index (χ4v) is 1.81. The predicted octanol–water partition coefficient (Wildman–Crippen LogP) is 0.674. The van der Waals surface area contributed by atoms with E-state index in [4.69, 9.17) is 5.26 Å². The quantitative estimate of drug-likeness (QED) is 0.780. The molecular formula is C16H20N4O3. The zero-order valence-corrected chi connectivity index (χ0v) is 13.4. The van der Waals surface area contributed by atoms with E-state index >= 15 is 0 Å². The Bertz CT molecular complexity index is 617. The van der Waals surface area contributed by atoms with E-state index in [-0.39, 0.29) is 24.9 Å². The van der Waals surface area contributed by atoms with Gasteiger partial charge in [-0.25, -0.2) is 0 Å². The molecule has 7 heteroatoms. The highest BCUT2D eigenvalue weighted by Gasteiger charge is 2.21. The Morgan fingerprint density at radius 3 is 2.35 bits per heavy atom. The van der Waals surface area contributed by atoms with E-state index in [0.29, 0.717) is 5.69 Å². The first kappa shape index (κ1) is 18.2. The third-order valence-corrected chi connectivity index (χ3v) is 2.87. The Labute approximate surface area is 135 Å². The van der Waals surface area contributed by atoms with Crippen molar-refractivity contribution >= 4 is 23.4 Å². The Morgan fingerprint density at radius 2 is 1.83 bits per heavy atom.